The molecule has 1 saturated heterocycles. The van der Waals surface area contributed by atoms with E-state index in [2.05, 4.69) is 19.5 Å². The Morgan fingerprint density at radius 1 is 1.42 bits per heavy atom. The first-order valence-electron chi connectivity index (χ1n) is 6.61. The van der Waals surface area contributed by atoms with Crippen molar-refractivity contribution in [2.75, 3.05) is 18.1 Å². The molecule has 1 aliphatic heterocycles. The molecule has 1 fully saturated rings. The lowest BCUT2D eigenvalue weighted by Crippen LogP contribution is -2.33. The van der Waals surface area contributed by atoms with Crippen molar-refractivity contribution in [2.24, 2.45) is 0 Å². The molecule has 7 N–H and O–H groups in total. The number of aliphatic hydroxyl groups is 1. The number of anilines is 2. The quantitative estimate of drug-likeness (QED) is 0.405. The fraction of sp³-hybridized carbons (Fsp3) is 0.500. The number of imidazole rings is 1. The molecule has 0 aromatic carbocycles. The predicted octanol–water partition coefficient (Wildman–Crippen LogP) is -1.30. The molecule has 14 heteroatoms. The molecule has 24 heavy (non-hydrogen) atoms. The number of halogens is 1. The second-order valence-electron chi connectivity index (χ2n) is 5.04. The number of ether oxygens (including phenoxy) is 1. The number of aliphatic hydroxyl groups excluding tert-OH is 1. The third kappa shape index (κ3) is 2.92. The first-order valence-corrected chi connectivity index (χ1v) is 8.14. The number of alkyl halides is 1. The van der Waals surface area contributed by atoms with Crippen LogP contribution in [0.2, 0.25) is 0 Å². The van der Waals surface area contributed by atoms with Crippen molar-refractivity contribution in [3.05, 3.63) is 6.33 Å². The summed E-state index contributed by atoms with van der Waals surface area (Å²) >= 11 is 0. The van der Waals surface area contributed by atoms with Crippen LogP contribution in [-0.4, -0.2) is 59.4 Å². The maximum absolute atomic E-state index is 14.7. The van der Waals surface area contributed by atoms with E-state index in [0.29, 0.717) is 0 Å². The maximum atomic E-state index is 14.7. The molecule has 0 amide bonds. The molecule has 3 rings (SSSR count). The molecule has 4 atom stereocenters. The van der Waals surface area contributed by atoms with Crippen LogP contribution in [0.15, 0.2) is 6.33 Å². The Balaban J connectivity index is 2.00. The van der Waals surface area contributed by atoms with Gasteiger partial charge in [0.2, 0.25) is 5.95 Å². The van der Waals surface area contributed by atoms with Gasteiger partial charge in [-0.25, -0.2) is 13.9 Å². The molecule has 2 aromatic rings. The largest absolute Gasteiger partial charge is 0.470 e. The van der Waals surface area contributed by atoms with E-state index in [1.165, 1.54) is 6.33 Å². The van der Waals surface area contributed by atoms with E-state index >= 15 is 0 Å². The Bertz CT molecular complexity index is 812. The number of aromatic nitrogens is 4. The van der Waals surface area contributed by atoms with Crippen molar-refractivity contribution in [2.45, 2.75) is 24.6 Å². The smallest absolute Gasteiger partial charge is 0.394 e. The zero-order chi connectivity index (χ0) is 17.6. The minimum atomic E-state index is -4.99. The van der Waals surface area contributed by atoms with E-state index < -0.39 is 39.0 Å². The second-order valence-corrected chi connectivity index (χ2v) is 6.24. The van der Waals surface area contributed by atoms with Crippen molar-refractivity contribution < 1.29 is 33.1 Å². The summed E-state index contributed by atoms with van der Waals surface area (Å²) in [5, 5.41) is 9.25. The van der Waals surface area contributed by atoms with E-state index in [-0.39, 0.29) is 22.9 Å². The van der Waals surface area contributed by atoms with Gasteiger partial charge >= 0.3 is 7.82 Å². The first kappa shape index (κ1) is 17.0. The van der Waals surface area contributed by atoms with Crippen LogP contribution in [0.3, 0.4) is 0 Å². The van der Waals surface area contributed by atoms with Gasteiger partial charge in [0.25, 0.3) is 0 Å². The molecule has 132 valence electrons. The van der Waals surface area contributed by atoms with Crippen molar-refractivity contribution >= 4 is 30.8 Å². The Morgan fingerprint density at radius 3 is 2.75 bits per heavy atom. The van der Waals surface area contributed by atoms with Gasteiger partial charge in [-0.15, -0.1) is 0 Å². The highest BCUT2D eigenvalue weighted by Gasteiger charge is 2.49. The molecule has 0 radical (unpaired) electrons. The summed E-state index contributed by atoms with van der Waals surface area (Å²) in [4.78, 5) is 29.3. The lowest BCUT2D eigenvalue weighted by atomic mass is 10.1. The summed E-state index contributed by atoms with van der Waals surface area (Å²) in [6.45, 7) is -0.715. The highest BCUT2D eigenvalue weighted by molar-refractivity contribution is 7.46. The zero-order valence-corrected chi connectivity index (χ0v) is 12.8. The number of rotatable bonds is 4. The molecule has 0 saturated carbocycles. The lowest BCUT2D eigenvalue weighted by Gasteiger charge is -2.18. The number of phosphoric ester groups is 1. The van der Waals surface area contributed by atoms with Crippen LogP contribution in [0.5, 0.6) is 0 Å². The zero-order valence-electron chi connectivity index (χ0n) is 11.9. The number of hydrogen-bond donors (Lipinski definition) is 5. The fourth-order valence-electron chi connectivity index (χ4n) is 2.49. The van der Waals surface area contributed by atoms with Crippen LogP contribution < -0.4 is 11.5 Å². The maximum Gasteiger partial charge on any atom is 0.470 e. The number of nitrogens with zero attached hydrogens (tertiary/aromatic N) is 4. The summed E-state index contributed by atoms with van der Waals surface area (Å²) in [6, 6.07) is 0. The minimum absolute atomic E-state index is 0.0219. The topological polar surface area (TPSA) is 192 Å². The first-order chi connectivity index (χ1) is 11.2. The van der Waals surface area contributed by atoms with Crippen molar-refractivity contribution in [3.8, 4) is 0 Å². The standard InChI is InChI=1S/C10H14FN6O6P/c11-4-6(23-24(19,20)21)3(1-18)22-9(4)17-2-14-5-7(12)15-10(13)16-8(5)17/h2-4,6,9,18H,1H2,(H2,19,20,21)(H4,12,13,15,16)/t3-,4-,6-,9-/m1/s1. The van der Waals surface area contributed by atoms with Gasteiger partial charge in [0.1, 0.15) is 17.7 Å². The average Bonchev–Trinajstić information content (AvgIpc) is 3.00. The molecule has 2 aromatic heterocycles. The third-order valence-corrected chi connectivity index (χ3v) is 3.96. The summed E-state index contributed by atoms with van der Waals surface area (Å²) in [6.07, 6.45) is -5.25. The molecule has 0 aliphatic carbocycles. The lowest BCUT2D eigenvalue weighted by molar-refractivity contribution is -0.0454. The highest BCUT2D eigenvalue weighted by atomic mass is 31.2. The van der Waals surface area contributed by atoms with Crippen LogP contribution in [0.4, 0.5) is 16.2 Å². The fourth-order valence-corrected chi connectivity index (χ4v) is 3.06. The van der Waals surface area contributed by atoms with Crippen LogP contribution in [-0.2, 0) is 13.8 Å². The van der Waals surface area contributed by atoms with E-state index in [9.17, 15) is 14.1 Å². The number of phosphoric acid groups is 1. The van der Waals surface area contributed by atoms with Crippen LogP contribution >= 0.6 is 7.82 Å². The Labute approximate surface area is 133 Å². The van der Waals surface area contributed by atoms with Crippen LogP contribution in [0, 0.1) is 0 Å². The summed E-state index contributed by atoms with van der Waals surface area (Å²) in [5.74, 6) is -0.191. The van der Waals surface area contributed by atoms with E-state index in [1.807, 2.05) is 0 Å². The van der Waals surface area contributed by atoms with Gasteiger partial charge in [-0.3, -0.25) is 9.09 Å². The normalized spacial score (nSPS) is 27.8. The predicted molar refractivity (Wildman–Crippen MR) is 77.0 cm³/mol. The van der Waals surface area contributed by atoms with Crippen LogP contribution in [0.1, 0.15) is 6.23 Å². The summed E-state index contributed by atoms with van der Waals surface area (Å²) in [5.41, 5.74) is 11.4. The van der Waals surface area contributed by atoms with Crippen molar-refractivity contribution in [1.82, 2.24) is 19.5 Å². The number of nitrogen functional groups attached to an aromatic ring is 2. The second kappa shape index (κ2) is 5.88. The van der Waals surface area contributed by atoms with Crippen molar-refractivity contribution in [3.63, 3.8) is 0 Å². The monoisotopic (exact) mass is 364 g/mol. The summed E-state index contributed by atoms with van der Waals surface area (Å²) in [7, 11) is -4.99. The van der Waals surface area contributed by atoms with Gasteiger partial charge in [-0.1, -0.05) is 0 Å². The molecular weight excluding hydrogens is 350 g/mol. The molecule has 0 unspecified atom stereocenters. The SMILES string of the molecule is Nc1nc(N)c2ncn([C@@H]3O[C@H](CO)[C@@H](OP(=O)(O)O)[C@H]3F)c2n1. The summed E-state index contributed by atoms with van der Waals surface area (Å²) < 4.78 is 36.5. The Morgan fingerprint density at radius 2 is 2.12 bits per heavy atom. The molecule has 0 spiro atoms. The van der Waals surface area contributed by atoms with Gasteiger partial charge in [-0.05, 0) is 0 Å². The van der Waals surface area contributed by atoms with E-state index in [1.54, 1.807) is 0 Å². The van der Waals surface area contributed by atoms with Gasteiger partial charge in [0, 0.05) is 0 Å². The molecule has 12 nitrogen and oxygen atoms in total. The molecular formula is C10H14FN6O6P. The third-order valence-electron chi connectivity index (χ3n) is 3.45. The molecule has 0 bridgehead atoms. The van der Waals surface area contributed by atoms with Gasteiger partial charge < -0.3 is 31.1 Å². The van der Waals surface area contributed by atoms with Gasteiger partial charge in [-0.2, -0.15) is 9.97 Å². The molecule has 3 heterocycles. The Hall–Kier alpha value is -1.89. The van der Waals surface area contributed by atoms with E-state index in [4.69, 9.17) is 26.0 Å². The van der Waals surface area contributed by atoms with Crippen LogP contribution in [0.25, 0.3) is 11.2 Å². The average molecular weight is 364 g/mol. The number of nitrogens with two attached hydrogens (primary N) is 2. The van der Waals surface area contributed by atoms with E-state index in [0.717, 1.165) is 4.57 Å². The number of hydrogen-bond acceptors (Lipinski definition) is 9. The minimum Gasteiger partial charge on any atom is -0.394 e. The highest BCUT2D eigenvalue weighted by Crippen LogP contribution is 2.45. The van der Waals surface area contributed by atoms with Gasteiger partial charge in [0.05, 0.1) is 12.9 Å². The molecule has 1 aliphatic rings. The van der Waals surface area contributed by atoms with Gasteiger partial charge in [0.15, 0.2) is 23.9 Å². The van der Waals surface area contributed by atoms with Crippen molar-refractivity contribution in [1.29, 1.82) is 0 Å². The number of fused-ring (bicyclic) bond motifs is 1. The Kier molecular flexibility index (Phi) is 4.15.